The molecule has 0 aromatic carbocycles. The Morgan fingerprint density at radius 2 is 1.77 bits per heavy atom. The van der Waals surface area contributed by atoms with Gasteiger partial charge in [-0.25, -0.2) is 0 Å². The van der Waals surface area contributed by atoms with Crippen LogP contribution in [0.15, 0.2) is 0 Å². The van der Waals surface area contributed by atoms with Crippen molar-refractivity contribution >= 4 is 23.6 Å². The summed E-state index contributed by atoms with van der Waals surface area (Å²) in [4.78, 5) is 45.5. The number of carbonyl (C=O) groups is 4. The zero-order valence-corrected chi connectivity index (χ0v) is 13.3. The molecule has 0 aliphatic rings. The number of hydrogen-bond acceptors (Lipinski definition) is 5. The highest BCUT2D eigenvalue weighted by Crippen LogP contribution is 1.98. The first-order valence-corrected chi connectivity index (χ1v) is 7.36. The second-order valence-corrected chi connectivity index (χ2v) is 4.87. The van der Waals surface area contributed by atoms with Crippen molar-refractivity contribution in [3.05, 3.63) is 0 Å². The van der Waals surface area contributed by atoms with Gasteiger partial charge in [0.25, 0.3) is 0 Å². The van der Waals surface area contributed by atoms with Crippen LogP contribution in [0.3, 0.4) is 0 Å². The SMILES string of the molecule is CCN[C@@H](CCC(=O)O)C(=O)NCC(=O)N[C@H](C)C(=O)CC. The Labute approximate surface area is 130 Å². The smallest absolute Gasteiger partial charge is 0.303 e. The molecule has 0 saturated carbocycles. The highest BCUT2D eigenvalue weighted by atomic mass is 16.4. The predicted octanol–water partition coefficient (Wildman–Crippen LogP) is -0.571. The molecule has 4 N–H and O–H groups in total. The fourth-order valence-corrected chi connectivity index (χ4v) is 1.81. The minimum absolute atomic E-state index is 0.0911. The van der Waals surface area contributed by atoms with Crippen molar-refractivity contribution in [2.75, 3.05) is 13.1 Å². The van der Waals surface area contributed by atoms with E-state index in [9.17, 15) is 19.2 Å². The van der Waals surface area contributed by atoms with Crippen LogP contribution in [0.4, 0.5) is 0 Å². The third-order valence-corrected chi connectivity index (χ3v) is 3.05. The molecule has 0 radical (unpaired) electrons. The minimum atomic E-state index is -0.986. The Kier molecular flexibility index (Phi) is 9.77. The molecule has 0 unspecified atom stereocenters. The molecule has 8 heteroatoms. The molecule has 2 atom stereocenters. The van der Waals surface area contributed by atoms with Gasteiger partial charge < -0.3 is 21.1 Å². The number of hydrogen-bond donors (Lipinski definition) is 4. The van der Waals surface area contributed by atoms with E-state index in [1.54, 1.807) is 20.8 Å². The summed E-state index contributed by atoms with van der Waals surface area (Å²) in [5, 5.41) is 16.4. The minimum Gasteiger partial charge on any atom is -0.481 e. The summed E-state index contributed by atoms with van der Waals surface area (Å²) >= 11 is 0. The first-order chi connectivity index (χ1) is 10.3. The van der Waals surface area contributed by atoms with Crippen molar-refractivity contribution in [2.45, 2.75) is 52.1 Å². The Morgan fingerprint density at radius 1 is 1.14 bits per heavy atom. The van der Waals surface area contributed by atoms with E-state index in [2.05, 4.69) is 16.0 Å². The summed E-state index contributed by atoms with van der Waals surface area (Å²) in [6.45, 7) is 5.34. The molecule has 0 aromatic rings. The monoisotopic (exact) mass is 315 g/mol. The molecule has 0 bridgehead atoms. The number of aliphatic carboxylic acids is 1. The van der Waals surface area contributed by atoms with Crippen molar-refractivity contribution in [3.63, 3.8) is 0 Å². The summed E-state index contributed by atoms with van der Waals surface area (Å²) in [6, 6.07) is -1.26. The molecule has 8 nitrogen and oxygen atoms in total. The number of ketones is 1. The molecule has 0 aromatic heterocycles. The Hall–Kier alpha value is -1.96. The number of carbonyl (C=O) groups excluding carboxylic acids is 3. The Morgan fingerprint density at radius 3 is 2.27 bits per heavy atom. The van der Waals surface area contributed by atoms with Crippen molar-refractivity contribution < 1.29 is 24.3 Å². The van der Waals surface area contributed by atoms with Crippen LogP contribution in [0.2, 0.25) is 0 Å². The number of carboxylic acid groups (broad SMARTS) is 1. The normalized spacial score (nSPS) is 13.0. The molecule has 0 aliphatic heterocycles. The second-order valence-electron chi connectivity index (χ2n) is 4.87. The van der Waals surface area contributed by atoms with E-state index in [1.807, 2.05) is 0 Å². The van der Waals surface area contributed by atoms with Gasteiger partial charge in [-0.2, -0.15) is 0 Å². The van der Waals surface area contributed by atoms with Crippen LogP contribution in [0, 0.1) is 0 Å². The van der Waals surface area contributed by atoms with E-state index < -0.39 is 29.9 Å². The third kappa shape index (κ3) is 8.35. The average molecular weight is 315 g/mol. The molecule has 22 heavy (non-hydrogen) atoms. The van der Waals surface area contributed by atoms with Crippen LogP contribution in [0.1, 0.15) is 40.0 Å². The van der Waals surface area contributed by atoms with E-state index in [0.29, 0.717) is 13.0 Å². The number of rotatable bonds is 11. The molecule has 2 amide bonds. The summed E-state index contributed by atoms with van der Waals surface area (Å²) in [5.74, 6) is -1.98. The highest BCUT2D eigenvalue weighted by Gasteiger charge is 2.20. The molecular weight excluding hydrogens is 290 g/mol. The van der Waals surface area contributed by atoms with Crippen molar-refractivity contribution in [2.24, 2.45) is 0 Å². The summed E-state index contributed by atoms with van der Waals surface area (Å²) in [6.07, 6.45) is 0.326. The van der Waals surface area contributed by atoms with Gasteiger partial charge in [-0.05, 0) is 19.9 Å². The first kappa shape index (κ1) is 20.0. The zero-order chi connectivity index (χ0) is 17.1. The maximum absolute atomic E-state index is 11.9. The van der Waals surface area contributed by atoms with Crippen LogP contribution in [0.25, 0.3) is 0 Å². The second kappa shape index (κ2) is 10.7. The number of nitrogens with one attached hydrogen (secondary N) is 3. The molecule has 0 aliphatic carbocycles. The zero-order valence-electron chi connectivity index (χ0n) is 13.3. The lowest BCUT2D eigenvalue weighted by atomic mass is 10.1. The van der Waals surface area contributed by atoms with Gasteiger partial charge in [-0.1, -0.05) is 13.8 Å². The van der Waals surface area contributed by atoms with Gasteiger partial charge in [0, 0.05) is 12.8 Å². The highest BCUT2D eigenvalue weighted by molar-refractivity contribution is 5.91. The van der Waals surface area contributed by atoms with E-state index in [-0.39, 0.29) is 25.2 Å². The molecule has 0 saturated heterocycles. The number of amides is 2. The Balaban J connectivity index is 4.28. The van der Waals surface area contributed by atoms with E-state index in [4.69, 9.17) is 5.11 Å². The van der Waals surface area contributed by atoms with E-state index in [0.717, 1.165) is 0 Å². The lowest BCUT2D eigenvalue weighted by Crippen LogP contribution is -2.49. The average Bonchev–Trinajstić information content (AvgIpc) is 2.47. The standard InChI is InChI=1S/C14H25N3O5/c1-4-11(18)9(3)17-12(19)8-16-14(22)10(15-5-2)6-7-13(20)21/h9-10,15H,4-8H2,1-3H3,(H,16,22)(H,17,19)(H,20,21)/t9-,10+/m1/s1. The molecule has 0 spiro atoms. The van der Waals surface area contributed by atoms with Gasteiger partial charge in [0.1, 0.15) is 0 Å². The van der Waals surface area contributed by atoms with E-state index in [1.165, 1.54) is 0 Å². The van der Waals surface area contributed by atoms with Crippen LogP contribution in [0.5, 0.6) is 0 Å². The van der Waals surface area contributed by atoms with Gasteiger partial charge in [-0.15, -0.1) is 0 Å². The molecule has 0 heterocycles. The van der Waals surface area contributed by atoms with Gasteiger partial charge in [0.05, 0.1) is 18.6 Å². The van der Waals surface area contributed by atoms with Crippen LogP contribution in [-0.4, -0.2) is 53.8 Å². The number of likely N-dealkylation sites (N-methyl/N-ethyl adjacent to an activating group) is 1. The molecule has 0 fully saturated rings. The van der Waals surface area contributed by atoms with Crippen LogP contribution in [-0.2, 0) is 19.2 Å². The Bertz CT molecular complexity index is 411. The van der Waals surface area contributed by atoms with Gasteiger partial charge in [0.2, 0.25) is 11.8 Å². The van der Waals surface area contributed by atoms with Crippen molar-refractivity contribution in [3.8, 4) is 0 Å². The molecular formula is C14H25N3O5. The van der Waals surface area contributed by atoms with Crippen LogP contribution >= 0.6 is 0 Å². The van der Waals surface area contributed by atoms with E-state index >= 15 is 0 Å². The summed E-state index contributed by atoms with van der Waals surface area (Å²) in [7, 11) is 0. The largest absolute Gasteiger partial charge is 0.481 e. The first-order valence-electron chi connectivity index (χ1n) is 7.36. The fraction of sp³-hybridized carbons (Fsp3) is 0.714. The molecule has 126 valence electrons. The lowest BCUT2D eigenvalue weighted by Gasteiger charge is -2.17. The quantitative estimate of drug-likeness (QED) is 0.405. The maximum Gasteiger partial charge on any atom is 0.303 e. The third-order valence-electron chi connectivity index (χ3n) is 3.05. The van der Waals surface area contributed by atoms with Crippen LogP contribution < -0.4 is 16.0 Å². The van der Waals surface area contributed by atoms with Crippen molar-refractivity contribution in [1.82, 2.24) is 16.0 Å². The summed E-state index contributed by atoms with van der Waals surface area (Å²) in [5.41, 5.74) is 0. The van der Waals surface area contributed by atoms with Gasteiger partial charge >= 0.3 is 5.97 Å². The van der Waals surface area contributed by atoms with Crippen molar-refractivity contribution in [1.29, 1.82) is 0 Å². The summed E-state index contributed by atoms with van der Waals surface area (Å²) < 4.78 is 0. The lowest BCUT2D eigenvalue weighted by molar-refractivity contribution is -0.137. The van der Waals surface area contributed by atoms with Gasteiger partial charge in [0.15, 0.2) is 5.78 Å². The number of carboxylic acids is 1. The maximum atomic E-state index is 11.9. The topological polar surface area (TPSA) is 125 Å². The van der Waals surface area contributed by atoms with Gasteiger partial charge in [-0.3, -0.25) is 19.2 Å². The number of Topliss-reactive ketones (excluding diaryl/α,β-unsaturated/α-hetero) is 1. The molecule has 0 rings (SSSR count). The fourth-order valence-electron chi connectivity index (χ4n) is 1.81. The predicted molar refractivity (Wildman–Crippen MR) is 80.2 cm³/mol.